The summed E-state index contributed by atoms with van der Waals surface area (Å²) in [6.07, 6.45) is 1.81. The van der Waals surface area contributed by atoms with E-state index in [1.165, 1.54) is 11.8 Å². The number of para-hydroxylation sites is 3. The molecule has 2 aromatic carbocycles. The van der Waals surface area contributed by atoms with Gasteiger partial charge in [-0.2, -0.15) is 5.26 Å². The van der Waals surface area contributed by atoms with Gasteiger partial charge in [0, 0.05) is 6.61 Å². The zero-order valence-electron chi connectivity index (χ0n) is 17.7. The Morgan fingerprint density at radius 2 is 2.00 bits per heavy atom. The molecule has 3 heterocycles. The minimum Gasteiger partial charge on any atom is -0.510 e. The minimum atomic E-state index is -0.139. The van der Waals surface area contributed by atoms with Gasteiger partial charge in [-0.1, -0.05) is 36.0 Å². The van der Waals surface area contributed by atoms with Crippen molar-refractivity contribution in [2.45, 2.75) is 30.6 Å². The molecule has 33 heavy (non-hydrogen) atoms. The van der Waals surface area contributed by atoms with E-state index in [1.54, 1.807) is 16.7 Å². The molecule has 0 aliphatic carbocycles. The monoisotopic (exact) mass is 459 g/mol. The molecule has 2 N–H and O–H groups in total. The van der Waals surface area contributed by atoms with Gasteiger partial charge in [-0.15, -0.1) is 0 Å². The van der Waals surface area contributed by atoms with E-state index in [0.717, 1.165) is 18.4 Å². The van der Waals surface area contributed by atoms with Gasteiger partial charge in [0.05, 0.1) is 40.3 Å². The predicted molar refractivity (Wildman–Crippen MR) is 127 cm³/mol. The van der Waals surface area contributed by atoms with Crippen LogP contribution in [0.5, 0.6) is 0 Å². The lowest BCUT2D eigenvalue weighted by atomic mass is 10.2. The fourth-order valence-electron chi connectivity index (χ4n) is 3.94. The van der Waals surface area contributed by atoms with Gasteiger partial charge in [-0.25, -0.2) is 9.97 Å². The van der Waals surface area contributed by atoms with E-state index in [-0.39, 0.29) is 28.7 Å². The van der Waals surface area contributed by atoms with Crippen molar-refractivity contribution in [3.63, 3.8) is 0 Å². The summed E-state index contributed by atoms with van der Waals surface area (Å²) < 4.78 is 7.35. The Morgan fingerprint density at radius 1 is 1.21 bits per heavy atom. The maximum Gasteiger partial charge on any atom is 0.262 e. The van der Waals surface area contributed by atoms with E-state index in [1.807, 2.05) is 42.5 Å². The summed E-state index contributed by atoms with van der Waals surface area (Å²) in [5.41, 5.74) is 2.01. The number of nitrogens with zero attached hydrogens (tertiary/aromatic N) is 4. The second-order valence-corrected chi connectivity index (χ2v) is 8.73. The fourth-order valence-corrected chi connectivity index (χ4v) is 4.83. The summed E-state index contributed by atoms with van der Waals surface area (Å²) in [7, 11) is 0. The molecule has 2 aromatic heterocycles. The van der Waals surface area contributed by atoms with E-state index < -0.39 is 0 Å². The van der Waals surface area contributed by atoms with Gasteiger partial charge in [0.15, 0.2) is 11.0 Å². The Bertz CT molecular complexity index is 1430. The highest BCUT2D eigenvalue weighted by Crippen LogP contribution is 2.25. The number of fused-ring (bicyclic) bond motifs is 2. The van der Waals surface area contributed by atoms with Crippen LogP contribution < -0.4 is 5.56 Å². The molecule has 0 amide bonds. The van der Waals surface area contributed by atoms with Gasteiger partial charge in [0.2, 0.25) is 0 Å². The number of aliphatic hydroxyl groups excluding tert-OH is 1. The van der Waals surface area contributed by atoms with E-state index in [0.29, 0.717) is 40.6 Å². The third kappa shape index (κ3) is 4.23. The molecule has 0 saturated carbocycles. The van der Waals surface area contributed by atoms with Crippen molar-refractivity contribution in [3.05, 3.63) is 70.5 Å². The number of hydrogen-bond donors (Lipinski definition) is 2. The van der Waals surface area contributed by atoms with Crippen LogP contribution in [0.15, 0.2) is 64.2 Å². The van der Waals surface area contributed by atoms with Crippen molar-refractivity contribution < 1.29 is 9.84 Å². The largest absolute Gasteiger partial charge is 0.510 e. The summed E-state index contributed by atoms with van der Waals surface area (Å²) >= 11 is 1.21. The maximum absolute atomic E-state index is 13.2. The van der Waals surface area contributed by atoms with E-state index in [2.05, 4.69) is 15.0 Å². The second kappa shape index (κ2) is 9.10. The first kappa shape index (κ1) is 21.2. The summed E-state index contributed by atoms with van der Waals surface area (Å²) in [6, 6.07) is 16.7. The van der Waals surface area contributed by atoms with Crippen LogP contribution in [-0.2, 0) is 11.3 Å². The highest BCUT2D eigenvalue weighted by Gasteiger charge is 2.21. The molecule has 0 spiro atoms. The van der Waals surface area contributed by atoms with Gasteiger partial charge >= 0.3 is 0 Å². The number of aromatic nitrogens is 4. The van der Waals surface area contributed by atoms with Crippen molar-refractivity contribution in [1.29, 1.82) is 5.26 Å². The van der Waals surface area contributed by atoms with Crippen molar-refractivity contribution in [3.8, 4) is 6.07 Å². The fraction of sp³-hybridized carbons (Fsp3) is 0.250. The number of aromatic amines is 1. The lowest BCUT2D eigenvalue weighted by Gasteiger charge is -2.16. The maximum atomic E-state index is 13.2. The van der Waals surface area contributed by atoms with Gasteiger partial charge in [-0.3, -0.25) is 9.36 Å². The van der Waals surface area contributed by atoms with Gasteiger partial charge < -0.3 is 14.8 Å². The standard InChI is InChI=1S/C24H21N5O3S/c25-12-17(22-26-19-9-3-4-10-20(19)27-22)21(30)14-33-24-28-18-8-2-1-7-16(18)23(31)29(24)13-15-6-5-11-32-15/h1-4,7-10,15,30H,5-6,11,13-14H2,(H,26,27)/t15-/m0/s1. The van der Waals surface area contributed by atoms with Crippen molar-refractivity contribution in [2.24, 2.45) is 0 Å². The van der Waals surface area contributed by atoms with Crippen molar-refractivity contribution in [1.82, 2.24) is 19.5 Å². The number of nitrogens with one attached hydrogen (secondary N) is 1. The van der Waals surface area contributed by atoms with Gasteiger partial charge in [0.25, 0.3) is 5.56 Å². The molecule has 9 heteroatoms. The average molecular weight is 460 g/mol. The first-order valence-corrected chi connectivity index (χ1v) is 11.6. The zero-order valence-corrected chi connectivity index (χ0v) is 18.5. The van der Waals surface area contributed by atoms with Crippen molar-refractivity contribution in [2.75, 3.05) is 12.4 Å². The van der Waals surface area contributed by atoms with Crippen LogP contribution in [0.2, 0.25) is 0 Å². The minimum absolute atomic E-state index is 0.0423. The molecular formula is C24H21N5O3S. The average Bonchev–Trinajstić information content (AvgIpc) is 3.50. The van der Waals surface area contributed by atoms with Crippen LogP contribution in [-0.4, -0.2) is 43.1 Å². The first-order valence-electron chi connectivity index (χ1n) is 10.7. The number of hydrogen-bond acceptors (Lipinski definition) is 7. The highest BCUT2D eigenvalue weighted by molar-refractivity contribution is 7.99. The topological polar surface area (TPSA) is 117 Å². The zero-order chi connectivity index (χ0) is 22.8. The molecule has 1 atom stereocenters. The number of ether oxygens (including phenoxy) is 1. The summed E-state index contributed by atoms with van der Waals surface area (Å²) in [5, 5.41) is 21.4. The lowest BCUT2D eigenvalue weighted by molar-refractivity contribution is 0.0937. The van der Waals surface area contributed by atoms with Crippen LogP contribution >= 0.6 is 11.8 Å². The number of H-pyrrole nitrogens is 1. The van der Waals surface area contributed by atoms with E-state index in [9.17, 15) is 15.2 Å². The molecule has 8 nitrogen and oxygen atoms in total. The lowest BCUT2D eigenvalue weighted by Crippen LogP contribution is -2.28. The Hall–Kier alpha value is -3.61. The number of benzene rings is 2. The van der Waals surface area contributed by atoms with Gasteiger partial charge in [0.1, 0.15) is 17.4 Å². The third-order valence-electron chi connectivity index (χ3n) is 5.60. The quantitative estimate of drug-likeness (QED) is 0.193. The van der Waals surface area contributed by atoms with E-state index >= 15 is 0 Å². The van der Waals surface area contributed by atoms with Crippen LogP contribution in [0.25, 0.3) is 27.5 Å². The Morgan fingerprint density at radius 3 is 2.76 bits per heavy atom. The van der Waals surface area contributed by atoms with E-state index in [4.69, 9.17) is 4.74 Å². The summed E-state index contributed by atoms with van der Waals surface area (Å²) in [5.74, 6) is 0.239. The molecule has 1 saturated heterocycles. The number of allylic oxidation sites excluding steroid dienone is 1. The molecule has 5 rings (SSSR count). The molecule has 1 aliphatic rings. The van der Waals surface area contributed by atoms with Crippen LogP contribution in [0.1, 0.15) is 18.7 Å². The van der Waals surface area contributed by atoms with Crippen LogP contribution in [0, 0.1) is 11.3 Å². The molecule has 0 radical (unpaired) electrons. The SMILES string of the molecule is N#CC(=C(O)CSc1nc2ccccc2c(=O)n1C[C@@H]1CCCO1)c1nc2ccccc2[nH]1. The molecule has 1 aliphatic heterocycles. The summed E-state index contributed by atoms with van der Waals surface area (Å²) in [4.78, 5) is 25.4. The smallest absolute Gasteiger partial charge is 0.262 e. The number of nitriles is 1. The number of thioether (sulfide) groups is 1. The van der Waals surface area contributed by atoms with Crippen LogP contribution in [0.3, 0.4) is 0 Å². The normalized spacial score (nSPS) is 16.8. The molecule has 0 unspecified atom stereocenters. The molecule has 166 valence electrons. The molecule has 4 aromatic rings. The van der Waals surface area contributed by atoms with Crippen LogP contribution in [0.4, 0.5) is 0 Å². The molecule has 1 fully saturated rings. The third-order valence-corrected chi connectivity index (χ3v) is 6.59. The first-order chi connectivity index (χ1) is 16.1. The number of imidazole rings is 1. The van der Waals surface area contributed by atoms with Gasteiger partial charge in [-0.05, 0) is 37.1 Å². The molecular weight excluding hydrogens is 438 g/mol. The molecule has 0 bridgehead atoms. The Labute approximate surface area is 193 Å². The predicted octanol–water partition coefficient (Wildman–Crippen LogP) is 4.04. The second-order valence-electron chi connectivity index (χ2n) is 7.79. The van der Waals surface area contributed by atoms with Crippen molar-refractivity contribution >= 4 is 39.3 Å². The highest BCUT2D eigenvalue weighted by atomic mass is 32.2. The summed E-state index contributed by atoms with van der Waals surface area (Å²) in [6.45, 7) is 1.09. The Balaban J connectivity index is 1.48. The Kier molecular flexibility index (Phi) is 5.86. The number of aliphatic hydroxyl groups is 1. The number of rotatable bonds is 6.